The number of nitrogens with zero attached hydrogens (tertiary/aromatic N) is 4. The molecule has 36 heavy (non-hydrogen) atoms. The number of likely N-dealkylation sites (tertiary alicyclic amines) is 1. The minimum absolute atomic E-state index is 0.235. The zero-order chi connectivity index (χ0) is 25.5. The Kier molecular flexibility index (Phi) is 6.24. The van der Waals surface area contributed by atoms with E-state index >= 15 is 4.39 Å². The second-order valence-electron chi connectivity index (χ2n) is 10.7. The largest absolute Gasteiger partial charge is 0.497 e. The van der Waals surface area contributed by atoms with Gasteiger partial charge in [-0.1, -0.05) is 18.2 Å². The number of para-hydroxylation sites is 1. The van der Waals surface area contributed by atoms with E-state index in [4.69, 9.17) is 14.6 Å². The third-order valence-electron chi connectivity index (χ3n) is 7.11. The second kappa shape index (κ2) is 9.24. The summed E-state index contributed by atoms with van der Waals surface area (Å²) in [5.74, 6) is 0.122. The first-order valence-electron chi connectivity index (χ1n) is 12.4. The Labute approximate surface area is 211 Å². The van der Waals surface area contributed by atoms with E-state index in [1.165, 1.54) is 13.2 Å². The van der Waals surface area contributed by atoms with E-state index in [9.17, 15) is 4.79 Å². The molecule has 0 aliphatic carbocycles. The van der Waals surface area contributed by atoms with Gasteiger partial charge in [0, 0.05) is 61.6 Å². The summed E-state index contributed by atoms with van der Waals surface area (Å²) in [4.78, 5) is 16.7. The molecule has 3 heterocycles. The standard InChI is InChI=1S/C28H33FN4O3/c1-27(2,3)33-18-20(25(30-33)23-11-10-22(35-4)16-24(23)29)17-31-14-12-28(13-15-31)19-32(26(34)36-28)21-8-6-5-7-9-21/h5-11,16,18H,12-15,17,19H2,1-4H3. The van der Waals surface area contributed by atoms with Crippen LogP contribution in [0, 0.1) is 5.82 Å². The number of piperidine rings is 1. The van der Waals surface area contributed by atoms with Crippen LogP contribution in [0.2, 0.25) is 0 Å². The van der Waals surface area contributed by atoms with Gasteiger partial charge >= 0.3 is 6.09 Å². The van der Waals surface area contributed by atoms with Crippen molar-refractivity contribution in [1.29, 1.82) is 0 Å². The van der Waals surface area contributed by atoms with Gasteiger partial charge in [-0.2, -0.15) is 5.10 Å². The van der Waals surface area contributed by atoms with Crippen LogP contribution in [0.5, 0.6) is 5.75 Å². The number of aromatic nitrogens is 2. The number of methoxy groups -OCH3 is 1. The van der Waals surface area contributed by atoms with E-state index in [1.807, 2.05) is 41.2 Å². The van der Waals surface area contributed by atoms with E-state index in [0.717, 1.165) is 37.2 Å². The van der Waals surface area contributed by atoms with Gasteiger partial charge in [-0.25, -0.2) is 9.18 Å². The fourth-order valence-electron chi connectivity index (χ4n) is 4.96. The minimum atomic E-state index is -0.468. The van der Waals surface area contributed by atoms with Gasteiger partial charge in [0.2, 0.25) is 0 Å². The first kappa shape index (κ1) is 24.3. The number of rotatable bonds is 5. The number of anilines is 1. The monoisotopic (exact) mass is 492 g/mol. The lowest BCUT2D eigenvalue weighted by molar-refractivity contribution is -0.000943. The predicted molar refractivity (Wildman–Crippen MR) is 137 cm³/mol. The Morgan fingerprint density at radius 2 is 1.83 bits per heavy atom. The first-order valence-corrected chi connectivity index (χ1v) is 12.4. The molecule has 0 N–H and O–H groups in total. The van der Waals surface area contributed by atoms with Crippen LogP contribution in [0.1, 0.15) is 39.2 Å². The average Bonchev–Trinajstić information content (AvgIpc) is 3.42. The Morgan fingerprint density at radius 3 is 2.47 bits per heavy atom. The molecule has 7 nitrogen and oxygen atoms in total. The topological polar surface area (TPSA) is 59.8 Å². The second-order valence-corrected chi connectivity index (χ2v) is 10.7. The minimum Gasteiger partial charge on any atom is -0.497 e. The fourth-order valence-corrected chi connectivity index (χ4v) is 4.96. The molecule has 2 aliphatic heterocycles. The number of amides is 1. The molecule has 1 amide bonds. The zero-order valence-corrected chi connectivity index (χ0v) is 21.3. The smallest absolute Gasteiger partial charge is 0.415 e. The third kappa shape index (κ3) is 4.69. The summed E-state index contributed by atoms with van der Waals surface area (Å²) in [6.07, 6.45) is 3.25. The van der Waals surface area contributed by atoms with Gasteiger partial charge < -0.3 is 9.47 Å². The molecule has 0 atom stereocenters. The van der Waals surface area contributed by atoms with Crippen molar-refractivity contribution in [3.05, 3.63) is 66.1 Å². The molecule has 8 heteroatoms. The highest BCUT2D eigenvalue weighted by molar-refractivity contribution is 5.90. The predicted octanol–water partition coefficient (Wildman–Crippen LogP) is 5.44. The van der Waals surface area contributed by atoms with Crippen molar-refractivity contribution >= 4 is 11.8 Å². The van der Waals surface area contributed by atoms with Crippen molar-refractivity contribution in [1.82, 2.24) is 14.7 Å². The third-order valence-corrected chi connectivity index (χ3v) is 7.11. The SMILES string of the molecule is COc1ccc(-c2nn(C(C)(C)C)cc2CN2CCC3(CC2)CN(c2ccccc2)C(=O)O3)c(F)c1. The summed E-state index contributed by atoms with van der Waals surface area (Å²) in [5, 5.41) is 4.79. The van der Waals surface area contributed by atoms with Crippen LogP contribution in [0.3, 0.4) is 0 Å². The molecule has 1 aromatic heterocycles. The van der Waals surface area contributed by atoms with E-state index in [-0.39, 0.29) is 17.4 Å². The average molecular weight is 493 g/mol. The molecule has 0 unspecified atom stereocenters. The lowest BCUT2D eigenvalue weighted by atomic mass is 9.91. The summed E-state index contributed by atoms with van der Waals surface area (Å²) in [5.41, 5.74) is 2.24. The number of carbonyl (C=O) groups excluding carboxylic acids is 1. The van der Waals surface area contributed by atoms with Gasteiger partial charge in [-0.15, -0.1) is 0 Å². The van der Waals surface area contributed by atoms with Crippen LogP contribution in [0.4, 0.5) is 14.9 Å². The highest BCUT2D eigenvalue weighted by atomic mass is 19.1. The number of benzene rings is 2. The first-order chi connectivity index (χ1) is 17.2. The van der Waals surface area contributed by atoms with Crippen molar-refractivity contribution in [3.63, 3.8) is 0 Å². The summed E-state index contributed by atoms with van der Waals surface area (Å²) in [6, 6.07) is 14.5. The van der Waals surface area contributed by atoms with Crippen molar-refractivity contribution in [2.24, 2.45) is 0 Å². The van der Waals surface area contributed by atoms with Crippen LogP contribution in [-0.4, -0.2) is 53.1 Å². The van der Waals surface area contributed by atoms with E-state index < -0.39 is 5.60 Å². The quantitative estimate of drug-likeness (QED) is 0.474. The van der Waals surface area contributed by atoms with Crippen molar-refractivity contribution in [2.75, 3.05) is 31.6 Å². The highest BCUT2D eigenvalue weighted by Gasteiger charge is 2.47. The van der Waals surface area contributed by atoms with Gasteiger partial charge in [0.15, 0.2) is 0 Å². The summed E-state index contributed by atoms with van der Waals surface area (Å²) < 4.78 is 28.0. The van der Waals surface area contributed by atoms with E-state index in [1.54, 1.807) is 17.0 Å². The van der Waals surface area contributed by atoms with Crippen LogP contribution >= 0.6 is 0 Å². The van der Waals surface area contributed by atoms with Crippen LogP contribution in [0.15, 0.2) is 54.7 Å². The number of halogens is 1. The van der Waals surface area contributed by atoms with E-state index in [2.05, 4.69) is 25.7 Å². The summed E-state index contributed by atoms with van der Waals surface area (Å²) >= 11 is 0. The van der Waals surface area contributed by atoms with Crippen LogP contribution in [-0.2, 0) is 16.8 Å². The molecule has 5 rings (SSSR count). The summed E-state index contributed by atoms with van der Waals surface area (Å²) in [6.45, 7) is 9.00. The van der Waals surface area contributed by atoms with Crippen molar-refractivity contribution in [2.45, 2.75) is 51.3 Å². The van der Waals surface area contributed by atoms with Crippen LogP contribution in [0.25, 0.3) is 11.3 Å². The van der Waals surface area contributed by atoms with Crippen LogP contribution < -0.4 is 9.64 Å². The fraction of sp³-hybridized carbons (Fsp3) is 0.429. The lowest BCUT2D eigenvalue weighted by Crippen LogP contribution is -2.46. The molecule has 0 saturated carbocycles. The van der Waals surface area contributed by atoms with Crippen molar-refractivity contribution < 1.29 is 18.7 Å². The molecular weight excluding hydrogens is 459 g/mol. The molecule has 2 saturated heterocycles. The molecular formula is C28H33FN4O3. The Bertz CT molecular complexity index is 1240. The highest BCUT2D eigenvalue weighted by Crippen LogP contribution is 2.37. The molecule has 2 aliphatic rings. The molecule has 0 radical (unpaired) electrons. The van der Waals surface area contributed by atoms with Gasteiger partial charge in [0.1, 0.15) is 17.2 Å². The Hall–Kier alpha value is -3.39. The maximum absolute atomic E-state index is 15.0. The molecule has 0 bridgehead atoms. The number of carbonyl (C=O) groups is 1. The Morgan fingerprint density at radius 1 is 1.11 bits per heavy atom. The summed E-state index contributed by atoms with van der Waals surface area (Å²) in [7, 11) is 1.53. The molecule has 1 spiro atoms. The van der Waals surface area contributed by atoms with Gasteiger partial charge in [0.25, 0.3) is 0 Å². The zero-order valence-electron chi connectivity index (χ0n) is 21.3. The van der Waals surface area contributed by atoms with Gasteiger partial charge in [-0.05, 0) is 45.0 Å². The van der Waals surface area contributed by atoms with Gasteiger partial charge in [0.05, 0.1) is 24.9 Å². The van der Waals surface area contributed by atoms with Crippen molar-refractivity contribution in [3.8, 4) is 17.0 Å². The number of hydrogen-bond donors (Lipinski definition) is 0. The Balaban J connectivity index is 1.33. The molecule has 190 valence electrons. The molecule has 3 aromatic rings. The normalized spacial score (nSPS) is 18.0. The number of hydrogen-bond acceptors (Lipinski definition) is 5. The molecule has 2 fully saturated rings. The maximum Gasteiger partial charge on any atom is 0.415 e. The van der Waals surface area contributed by atoms with Gasteiger partial charge in [-0.3, -0.25) is 14.5 Å². The number of ether oxygens (including phenoxy) is 2. The van der Waals surface area contributed by atoms with E-state index in [0.29, 0.717) is 30.1 Å². The lowest BCUT2D eigenvalue weighted by Gasteiger charge is -2.37. The molecule has 2 aromatic carbocycles. The maximum atomic E-state index is 15.0.